The van der Waals surface area contributed by atoms with Gasteiger partial charge in [0.25, 0.3) is 0 Å². The van der Waals surface area contributed by atoms with E-state index in [-0.39, 0.29) is 10.8 Å². The summed E-state index contributed by atoms with van der Waals surface area (Å²) in [6, 6.07) is 46.7. The lowest BCUT2D eigenvalue weighted by Crippen LogP contribution is -2.41. The summed E-state index contributed by atoms with van der Waals surface area (Å²) in [7, 11) is 2.51. The number of fused-ring (bicyclic) bond motifs is 11. The number of benzene rings is 7. The monoisotopic (exact) mass is 747 g/mol. The first-order valence-corrected chi connectivity index (χ1v) is 21.4. The van der Waals surface area contributed by atoms with E-state index in [2.05, 4.69) is 180 Å². The minimum atomic E-state index is 0.102. The van der Waals surface area contributed by atoms with E-state index in [0.717, 1.165) is 12.8 Å². The molecule has 1 atom stereocenters. The van der Waals surface area contributed by atoms with Gasteiger partial charge in [0, 0.05) is 38.7 Å². The van der Waals surface area contributed by atoms with E-state index in [0.29, 0.717) is 5.92 Å². The van der Waals surface area contributed by atoms with Crippen LogP contribution in [0.15, 0.2) is 121 Å². The molecule has 9 aromatic rings. The molecule has 2 aliphatic carbocycles. The third kappa shape index (κ3) is 4.68. The largest absolute Gasteiger partial charge is 0.353 e. The summed E-state index contributed by atoms with van der Waals surface area (Å²) in [5, 5.41) is 9.48. The first kappa shape index (κ1) is 34.3. The van der Waals surface area contributed by atoms with E-state index in [1.54, 1.807) is 0 Å². The fraction of sp³-hybridized carbons (Fsp3) is 0.236. The van der Waals surface area contributed by atoms with Gasteiger partial charge in [-0.1, -0.05) is 153 Å². The summed E-state index contributed by atoms with van der Waals surface area (Å²) in [4.78, 5) is 0. The minimum absolute atomic E-state index is 0.102. The average Bonchev–Trinajstić information content (AvgIpc) is 3.68. The Labute approximate surface area is 342 Å². The van der Waals surface area contributed by atoms with Crippen molar-refractivity contribution in [2.24, 2.45) is 0 Å². The molecule has 1 unspecified atom stereocenters. The number of nitrogens with one attached hydrogen (secondary N) is 1. The van der Waals surface area contributed by atoms with Crippen LogP contribution in [0.5, 0.6) is 0 Å². The molecule has 0 saturated heterocycles. The van der Waals surface area contributed by atoms with Gasteiger partial charge in [0.1, 0.15) is 0 Å². The summed E-state index contributed by atoms with van der Waals surface area (Å²) in [5.41, 5.74) is 24.5. The Kier molecular flexibility index (Phi) is 7.02. The molecule has 7 aromatic carbocycles. The van der Waals surface area contributed by atoms with Crippen LogP contribution in [0.4, 0.5) is 11.4 Å². The highest BCUT2D eigenvalue weighted by atomic mass is 15.0. The fourth-order valence-electron chi connectivity index (χ4n) is 11.6. The van der Waals surface area contributed by atoms with E-state index in [9.17, 15) is 0 Å². The van der Waals surface area contributed by atoms with Crippen molar-refractivity contribution >= 4 is 67.7 Å². The highest BCUT2D eigenvalue weighted by Crippen LogP contribution is 2.50. The lowest BCUT2D eigenvalue weighted by molar-refractivity contribution is 0.332. The predicted octanol–water partition coefficient (Wildman–Crippen LogP) is 12.9. The highest BCUT2D eigenvalue weighted by molar-refractivity contribution is 6.70. The second-order valence-corrected chi connectivity index (χ2v) is 19.1. The van der Waals surface area contributed by atoms with Crippen molar-refractivity contribution in [3.63, 3.8) is 0 Å². The molecule has 0 saturated carbocycles. The number of nitrogens with zero attached hydrogens (tertiary/aromatic N) is 1. The van der Waals surface area contributed by atoms with E-state index >= 15 is 0 Å². The van der Waals surface area contributed by atoms with E-state index < -0.39 is 0 Å². The summed E-state index contributed by atoms with van der Waals surface area (Å²) >= 11 is 0. The Hall–Kier alpha value is -5.80. The van der Waals surface area contributed by atoms with Crippen LogP contribution in [0.3, 0.4) is 0 Å². The van der Waals surface area contributed by atoms with E-state index in [4.69, 9.17) is 0 Å². The van der Waals surface area contributed by atoms with E-state index in [1.807, 2.05) is 0 Å². The Morgan fingerprint density at radius 3 is 2.16 bits per heavy atom. The van der Waals surface area contributed by atoms with Crippen molar-refractivity contribution in [3.05, 3.63) is 160 Å². The highest BCUT2D eigenvalue weighted by Gasteiger charge is 2.38. The maximum atomic E-state index is 4.27. The van der Waals surface area contributed by atoms with Gasteiger partial charge in [-0.05, 0) is 113 Å². The Bertz CT molecular complexity index is 3210. The van der Waals surface area contributed by atoms with Crippen molar-refractivity contribution in [1.82, 2.24) is 4.40 Å². The first-order chi connectivity index (χ1) is 28.1. The second kappa shape index (κ2) is 11.9. The third-order valence-electron chi connectivity index (χ3n) is 14.7. The van der Waals surface area contributed by atoms with Gasteiger partial charge in [-0.3, -0.25) is 0 Å². The first-order valence-electron chi connectivity index (χ1n) is 21.4. The molecule has 1 N–H and O–H groups in total. The summed E-state index contributed by atoms with van der Waals surface area (Å²) in [6.07, 6.45) is 4.56. The number of aromatic nitrogens is 1. The molecule has 0 bridgehead atoms. The summed E-state index contributed by atoms with van der Waals surface area (Å²) in [6.45, 7) is 14.3. The Morgan fingerprint density at radius 1 is 0.621 bits per heavy atom. The lowest BCUT2D eigenvalue weighted by atomic mass is 9.51. The number of hydrogen-bond donors (Lipinski definition) is 1. The fourth-order valence-corrected chi connectivity index (χ4v) is 11.6. The molecule has 2 aromatic heterocycles. The van der Waals surface area contributed by atoms with Crippen LogP contribution in [-0.2, 0) is 17.3 Å². The third-order valence-corrected chi connectivity index (χ3v) is 14.7. The molecule has 2 nitrogen and oxygen atoms in total. The zero-order valence-corrected chi connectivity index (χ0v) is 34.5. The normalized spacial score (nSPS) is 17.4. The maximum Gasteiger partial charge on any atom is 0.193 e. The molecule has 3 aliphatic rings. The van der Waals surface area contributed by atoms with Crippen LogP contribution in [0, 0.1) is 13.8 Å². The standard InChI is InChI=1S/C55H48BN2/c1-31-27-42-37-22-21-33-13-7-8-14-34(33)36-16-12-19-46(49(36)37)56-50(42)43(28-31)38-23-24-41-40-18-11-17-39-35-15-9-10-20-48(35)58(52(39)40)53(41)51(38)57-47-30-45-44(29-32(47)2)54(3,4)25-26-55(45,5)6/h7-20,23-24,27-30,37,57H,21-22,25-26H2,1-6H3. The van der Waals surface area contributed by atoms with Crippen LogP contribution in [0.25, 0.3) is 60.3 Å². The summed E-state index contributed by atoms with van der Waals surface area (Å²) < 4.78 is 2.57. The van der Waals surface area contributed by atoms with Crippen LogP contribution >= 0.6 is 0 Å². The quantitative estimate of drug-likeness (QED) is 0.178. The lowest BCUT2D eigenvalue weighted by Gasteiger charge is -2.42. The van der Waals surface area contributed by atoms with Gasteiger partial charge in [-0.15, -0.1) is 0 Å². The number of hydrogen-bond acceptors (Lipinski definition) is 1. The second-order valence-electron chi connectivity index (χ2n) is 19.1. The van der Waals surface area contributed by atoms with Crippen LogP contribution in [-0.4, -0.2) is 11.7 Å². The van der Waals surface area contributed by atoms with Crippen molar-refractivity contribution < 1.29 is 0 Å². The van der Waals surface area contributed by atoms with Crippen molar-refractivity contribution in [2.45, 2.75) is 84.0 Å². The topological polar surface area (TPSA) is 16.4 Å². The molecule has 281 valence electrons. The van der Waals surface area contributed by atoms with Crippen LogP contribution in [0.2, 0.25) is 0 Å². The molecule has 1 radical (unpaired) electrons. The molecule has 3 heterocycles. The zero-order chi connectivity index (χ0) is 39.2. The summed E-state index contributed by atoms with van der Waals surface area (Å²) in [5.74, 6) is 0.328. The van der Waals surface area contributed by atoms with Gasteiger partial charge < -0.3 is 9.72 Å². The van der Waals surface area contributed by atoms with Gasteiger partial charge in [-0.2, -0.15) is 0 Å². The Balaban J connectivity index is 1.15. The van der Waals surface area contributed by atoms with Gasteiger partial charge in [0.2, 0.25) is 0 Å². The molecule has 12 rings (SSSR count). The number of aryl methyl sites for hydroxylation is 3. The SMILES string of the molecule is Cc1cc(-c2ccc3c4cccc5c6ccccc6n(c3c2Nc2cc3c(cc2C)C(C)(C)CCC3(C)C)c54)c2c(c1)C1CCc3ccccc3-c3cccc(c31)[B]2. The van der Waals surface area contributed by atoms with Crippen molar-refractivity contribution in [1.29, 1.82) is 0 Å². The molecule has 0 spiro atoms. The molecule has 1 aliphatic heterocycles. The van der Waals surface area contributed by atoms with Crippen LogP contribution in [0.1, 0.15) is 91.8 Å². The predicted molar refractivity (Wildman–Crippen MR) is 248 cm³/mol. The number of para-hydroxylation sites is 2. The molecular formula is C55H48BN2. The van der Waals surface area contributed by atoms with Crippen molar-refractivity contribution in [2.75, 3.05) is 5.32 Å². The molecular weight excluding hydrogens is 699 g/mol. The number of rotatable bonds is 3. The molecule has 3 heteroatoms. The molecule has 0 amide bonds. The van der Waals surface area contributed by atoms with E-state index in [1.165, 1.54) is 134 Å². The minimum Gasteiger partial charge on any atom is -0.353 e. The van der Waals surface area contributed by atoms with Crippen LogP contribution < -0.4 is 16.2 Å². The zero-order valence-electron chi connectivity index (χ0n) is 34.5. The van der Waals surface area contributed by atoms with Gasteiger partial charge in [-0.25, -0.2) is 0 Å². The molecule has 0 fully saturated rings. The smallest absolute Gasteiger partial charge is 0.193 e. The van der Waals surface area contributed by atoms with Gasteiger partial charge in [0.05, 0.1) is 22.2 Å². The maximum absolute atomic E-state index is 4.27. The van der Waals surface area contributed by atoms with Crippen molar-refractivity contribution in [3.8, 4) is 22.3 Å². The number of anilines is 2. The molecule has 58 heavy (non-hydrogen) atoms. The average molecular weight is 748 g/mol. The Morgan fingerprint density at radius 2 is 1.31 bits per heavy atom. The van der Waals surface area contributed by atoms with Gasteiger partial charge in [0.15, 0.2) is 7.28 Å². The van der Waals surface area contributed by atoms with Gasteiger partial charge >= 0.3 is 0 Å².